The normalized spacial score (nSPS) is 11.9. The number of benzene rings is 5. The van der Waals surface area contributed by atoms with Gasteiger partial charge in [0.2, 0.25) is 11.8 Å². The van der Waals surface area contributed by atoms with Crippen LogP contribution in [0.5, 0.6) is 11.5 Å². The van der Waals surface area contributed by atoms with E-state index < -0.39 is 28.5 Å². The zero-order valence-electron chi connectivity index (χ0n) is 28.2. The Morgan fingerprint density at radius 3 is 1.92 bits per heavy atom. The Hall–Kier alpha value is -4.93. The summed E-state index contributed by atoms with van der Waals surface area (Å²) in [7, 11) is -4.24. The van der Waals surface area contributed by atoms with E-state index in [-0.39, 0.29) is 35.5 Å². The summed E-state index contributed by atoms with van der Waals surface area (Å²) in [5.74, 6) is 0.272. The number of halogens is 1. The van der Waals surface area contributed by atoms with Crippen molar-refractivity contribution in [2.45, 2.75) is 50.7 Å². The monoisotopic (exact) mass is 753 g/mol. The van der Waals surface area contributed by atoms with Crippen molar-refractivity contribution in [2.24, 2.45) is 0 Å². The van der Waals surface area contributed by atoms with Crippen molar-refractivity contribution in [3.8, 4) is 11.5 Å². The molecule has 0 spiro atoms. The molecule has 0 bridgehead atoms. The van der Waals surface area contributed by atoms with E-state index in [1.54, 1.807) is 36.4 Å². The Kier molecular flexibility index (Phi) is 12.1. The zero-order chi connectivity index (χ0) is 35.7. The maximum atomic E-state index is 14.7. The van der Waals surface area contributed by atoms with Gasteiger partial charge in [0.05, 0.1) is 10.6 Å². The highest BCUT2D eigenvalue weighted by molar-refractivity contribution is 9.10. The number of nitrogens with one attached hydrogen (secondary N) is 1. The Morgan fingerprint density at radius 2 is 1.32 bits per heavy atom. The highest BCUT2D eigenvalue weighted by Crippen LogP contribution is 2.29. The number of sulfonamides is 1. The molecule has 0 fully saturated rings. The summed E-state index contributed by atoms with van der Waals surface area (Å²) < 4.78 is 36.6. The highest BCUT2D eigenvalue weighted by Gasteiger charge is 2.35. The molecule has 0 aliphatic carbocycles. The van der Waals surface area contributed by atoms with Crippen LogP contribution in [0.4, 0.5) is 5.69 Å². The lowest BCUT2D eigenvalue weighted by molar-refractivity contribution is -0.140. The minimum Gasteiger partial charge on any atom is -0.457 e. The van der Waals surface area contributed by atoms with Gasteiger partial charge in [-0.05, 0) is 92.6 Å². The number of ether oxygens (including phenoxy) is 1. The minimum absolute atomic E-state index is 0.0401. The summed E-state index contributed by atoms with van der Waals surface area (Å²) in [6, 6.07) is 38.1. The smallest absolute Gasteiger partial charge is 0.264 e. The standard InChI is InChI=1S/C40H40BrN3O5S/c1-29(2)42-40(46)38(26-31-10-6-4-7-11-31)43(27-32-16-18-33(41)19-17-32)39(45)28-44(50(47,48)37-24-14-30(3)15-25-37)34-20-22-36(23-21-34)49-35-12-8-5-9-13-35/h4-25,29,38H,26-28H2,1-3H3,(H,42,46). The van der Waals surface area contributed by atoms with Gasteiger partial charge in [-0.3, -0.25) is 13.9 Å². The average molecular weight is 755 g/mol. The number of carbonyl (C=O) groups is 2. The van der Waals surface area contributed by atoms with Crippen molar-refractivity contribution in [3.63, 3.8) is 0 Å². The van der Waals surface area contributed by atoms with Crippen LogP contribution in [0.1, 0.15) is 30.5 Å². The number of anilines is 1. The molecule has 5 rings (SSSR count). The summed E-state index contributed by atoms with van der Waals surface area (Å²) in [6.07, 6.45) is 0.234. The quantitative estimate of drug-likeness (QED) is 0.124. The molecule has 1 atom stereocenters. The van der Waals surface area contributed by atoms with Gasteiger partial charge in [0.1, 0.15) is 24.1 Å². The van der Waals surface area contributed by atoms with Crippen molar-refractivity contribution in [2.75, 3.05) is 10.8 Å². The fourth-order valence-corrected chi connectivity index (χ4v) is 7.07. The van der Waals surface area contributed by atoms with E-state index in [1.807, 2.05) is 106 Å². The van der Waals surface area contributed by atoms with Gasteiger partial charge in [-0.15, -0.1) is 0 Å². The molecule has 2 amide bonds. The van der Waals surface area contributed by atoms with Gasteiger partial charge in [0.25, 0.3) is 10.0 Å². The second-order valence-electron chi connectivity index (χ2n) is 12.3. The Balaban J connectivity index is 1.55. The van der Waals surface area contributed by atoms with E-state index in [9.17, 15) is 18.0 Å². The van der Waals surface area contributed by atoms with Gasteiger partial charge in [0.15, 0.2) is 0 Å². The molecule has 0 heterocycles. The van der Waals surface area contributed by atoms with Crippen molar-refractivity contribution < 1.29 is 22.7 Å². The fraction of sp³-hybridized carbons (Fsp3) is 0.200. The van der Waals surface area contributed by atoms with Crippen LogP contribution in [0.2, 0.25) is 0 Å². The lowest BCUT2D eigenvalue weighted by Gasteiger charge is -2.34. The van der Waals surface area contributed by atoms with Crippen molar-refractivity contribution in [1.82, 2.24) is 10.2 Å². The zero-order valence-corrected chi connectivity index (χ0v) is 30.6. The third-order valence-electron chi connectivity index (χ3n) is 7.96. The van der Waals surface area contributed by atoms with Crippen LogP contribution in [0.15, 0.2) is 143 Å². The summed E-state index contributed by atoms with van der Waals surface area (Å²) >= 11 is 3.47. The summed E-state index contributed by atoms with van der Waals surface area (Å²) in [5, 5.41) is 2.98. The molecule has 10 heteroatoms. The van der Waals surface area contributed by atoms with E-state index in [2.05, 4.69) is 21.2 Å². The predicted octanol–water partition coefficient (Wildman–Crippen LogP) is 7.91. The summed E-state index contributed by atoms with van der Waals surface area (Å²) in [4.78, 5) is 30.1. The molecule has 1 unspecified atom stereocenters. The van der Waals surface area contributed by atoms with Gasteiger partial charge in [-0.25, -0.2) is 8.42 Å². The van der Waals surface area contributed by atoms with Crippen molar-refractivity contribution in [1.29, 1.82) is 0 Å². The number of hydrogen-bond acceptors (Lipinski definition) is 5. The molecule has 0 radical (unpaired) electrons. The number of amides is 2. The van der Waals surface area contributed by atoms with Crippen LogP contribution in [0, 0.1) is 6.92 Å². The topological polar surface area (TPSA) is 96.0 Å². The highest BCUT2D eigenvalue weighted by atomic mass is 79.9. The first-order valence-electron chi connectivity index (χ1n) is 16.3. The summed E-state index contributed by atoms with van der Waals surface area (Å²) in [5.41, 5.74) is 2.82. The van der Waals surface area contributed by atoms with Gasteiger partial charge in [-0.1, -0.05) is 94.3 Å². The van der Waals surface area contributed by atoms with Crippen LogP contribution >= 0.6 is 15.9 Å². The molecule has 8 nitrogen and oxygen atoms in total. The first-order valence-corrected chi connectivity index (χ1v) is 18.5. The fourth-order valence-electron chi connectivity index (χ4n) is 5.39. The molecule has 5 aromatic rings. The SMILES string of the molecule is Cc1ccc(S(=O)(=O)N(CC(=O)N(Cc2ccc(Br)cc2)C(Cc2ccccc2)C(=O)NC(C)C)c2ccc(Oc3ccccc3)cc2)cc1. The predicted molar refractivity (Wildman–Crippen MR) is 201 cm³/mol. The van der Waals surface area contributed by atoms with Crippen molar-refractivity contribution in [3.05, 3.63) is 155 Å². The number of carbonyl (C=O) groups excluding carboxylic acids is 2. The first kappa shape index (κ1) is 36.4. The number of rotatable bonds is 14. The molecule has 0 saturated heterocycles. The molecular formula is C40H40BrN3O5S. The van der Waals surface area contributed by atoms with Crippen LogP contribution in [0.25, 0.3) is 0 Å². The van der Waals surface area contributed by atoms with Crippen LogP contribution in [0.3, 0.4) is 0 Å². The largest absolute Gasteiger partial charge is 0.457 e. The molecule has 0 saturated carbocycles. The number of hydrogen-bond donors (Lipinski definition) is 1. The van der Waals surface area contributed by atoms with E-state index in [1.165, 1.54) is 17.0 Å². The lowest BCUT2D eigenvalue weighted by Crippen LogP contribution is -2.54. The number of aryl methyl sites for hydroxylation is 1. The van der Waals surface area contributed by atoms with E-state index in [0.717, 1.165) is 25.5 Å². The molecule has 258 valence electrons. The molecule has 0 aliphatic rings. The maximum absolute atomic E-state index is 14.7. The maximum Gasteiger partial charge on any atom is 0.264 e. The van der Waals surface area contributed by atoms with Gasteiger partial charge in [-0.2, -0.15) is 0 Å². The Bertz CT molecular complexity index is 1970. The third-order valence-corrected chi connectivity index (χ3v) is 10.3. The van der Waals surface area contributed by atoms with Crippen LogP contribution in [-0.4, -0.2) is 43.8 Å². The van der Waals surface area contributed by atoms with Gasteiger partial charge >= 0.3 is 0 Å². The minimum atomic E-state index is -4.24. The van der Waals surface area contributed by atoms with Crippen LogP contribution < -0.4 is 14.4 Å². The molecular weight excluding hydrogens is 714 g/mol. The lowest BCUT2D eigenvalue weighted by atomic mass is 10.0. The second kappa shape index (κ2) is 16.7. The first-order chi connectivity index (χ1) is 24.0. The van der Waals surface area contributed by atoms with Crippen molar-refractivity contribution >= 4 is 43.5 Å². The Labute approximate surface area is 302 Å². The van der Waals surface area contributed by atoms with E-state index >= 15 is 0 Å². The van der Waals surface area contributed by atoms with Crippen LogP contribution in [-0.2, 0) is 32.6 Å². The second-order valence-corrected chi connectivity index (χ2v) is 15.0. The number of para-hydroxylation sites is 1. The Morgan fingerprint density at radius 1 is 0.740 bits per heavy atom. The molecule has 50 heavy (non-hydrogen) atoms. The van der Waals surface area contributed by atoms with E-state index in [0.29, 0.717) is 11.5 Å². The average Bonchev–Trinajstić information content (AvgIpc) is 3.10. The van der Waals surface area contributed by atoms with E-state index in [4.69, 9.17) is 4.74 Å². The van der Waals surface area contributed by atoms with Gasteiger partial charge in [0, 0.05) is 23.5 Å². The summed E-state index contributed by atoms with van der Waals surface area (Å²) in [6.45, 7) is 5.13. The third kappa shape index (κ3) is 9.61. The van der Waals surface area contributed by atoms with Gasteiger partial charge < -0.3 is 15.0 Å². The molecule has 1 N–H and O–H groups in total. The molecule has 5 aromatic carbocycles. The molecule has 0 aliphatic heterocycles. The molecule has 0 aromatic heterocycles. The number of nitrogens with zero attached hydrogens (tertiary/aromatic N) is 2.